The third-order valence-electron chi connectivity index (χ3n) is 6.07. The third-order valence-corrected chi connectivity index (χ3v) is 6.80. The summed E-state index contributed by atoms with van der Waals surface area (Å²) in [6.07, 6.45) is 1.93. The van der Waals surface area contributed by atoms with Gasteiger partial charge in [-0.2, -0.15) is 5.26 Å². The summed E-state index contributed by atoms with van der Waals surface area (Å²) < 4.78 is 5.81. The number of carbonyl (C=O) groups is 1. The van der Waals surface area contributed by atoms with Crippen LogP contribution in [-0.2, 0) is 6.42 Å². The second-order valence-corrected chi connectivity index (χ2v) is 10.4. The van der Waals surface area contributed by atoms with Crippen molar-refractivity contribution in [2.75, 3.05) is 13.2 Å². The topological polar surface area (TPSA) is 103 Å². The highest BCUT2D eigenvalue weighted by Crippen LogP contribution is 2.28. The molecule has 0 bridgehead atoms. The molecule has 0 spiro atoms. The van der Waals surface area contributed by atoms with Crippen LogP contribution in [0.15, 0.2) is 60.7 Å². The molecule has 0 amide bonds. The number of halogens is 2. The van der Waals surface area contributed by atoms with Crippen LogP contribution in [0, 0.1) is 11.3 Å². The SMILES string of the molecule is CC(C)(CCCc1ccc(Cl)c(Cl)c1)NCC(O)COc1cc(-c2ccc(C(=O)O)cc2)ccc1C#N. The number of nitriles is 1. The van der Waals surface area contributed by atoms with Crippen molar-refractivity contribution < 1.29 is 19.7 Å². The largest absolute Gasteiger partial charge is 0.489 e. The van der Waals surface area contributed by atoms with E-state index in [0.717, 1.165) is 36.0 Å². The van der Waals surface area contributed by atoms with Crippen LogP contribution >= 0.6 is 23.2 Å². The fourth-order valence-electron chi connectivity index (χ4n) is 3.88. The van der Waals surface area contributed by atoms with Gasteiger partial charge in [-0.1, -0.05) is 47.5 Å². The molecule has 6 nitrogen and oxygen atoms in total. The van der Waals surface area contributed by atoms with Crippen molar-refractivity contribution >= 4 is 29.2 Å². The minimum Gasteiger partial charge on any atom is -0.489 e. The standard InChI is InChI=1S/C29H30Cl2N2O4/c1-29(2,13-3-4-19-5-12-25(30)26(31)14-19)33-17-24(34)18-37-27-15-22(10-11-23(27)16-32)20-6-8-21(9-7-20)28(35)36/h5-12,14-15,24,33-34H,3-4,13,17-18H2,1-2H3,(H,35,36). The Balaban J connectivity index is 1.51. The molecular weight excluding hydrogens is 511 g/mol. The Labute approximate surface area is 227 Å². The summed E-state index contributed by atoms with van der Waals surface area (Å²) in [5.41, 5.74) is 3.06. The van der Waals surface area contributed by atoms with Gasteiger partial charge in [0, 0.05) is 12.1 Å². The molecule has 0 fully saturated rings. The predicted molar refractivity (Wildman–Crippen MR) is 147 cm³/mol. The number of ether oxygens (including phenoxy) is 1. The maximum Gasteiger partial charge on any atom is 0.335 e. The Morgan fingerprint density at radius 3 is 2.41 bits per heavy atom. The van der Waals surface area contributed by atoms with Crippen molar-refractivity contribution in [2.45, 2.75) is 44.8 Å². The Kier molecular flexibility index (Phi) is 9.96. The maximum absolute atomic E-state index is 11.1. The summed E-state index contributed by atoms with van der Waals surface area (Å²) in [7, 11) is 0. The molecule has 3 aromatic carbocycles. The number of aromatic carboxylic acids is 1. The highest BCUT2D eigenvalue weighted by atomic mass is 35.5. The highest BCUT2D eigenvalue weighted by molar-refractivity contribution is 6.42. The van der Waals surface area contributed by atoms with Crippen LogP contribution in [0.1, 0.15) is 48.2 Å². The number of carboxylic acids is 1. The molecule has 0 radical (unpaired) electrons. The molecule has 3 rings (SSSR count). The van der Waals surface area contributed by atoms with Crippen LogP contribution in [0.4, 0.5) is 0 Å². The van der Waals surface area contributed by atoms with E-state index in [1.54, 1.807) is 36.4 Å². The van der Waals surface area contributed by atoms with Gasteiger partial charge in [-0.15, -0.1) is 0 Å². The van der Waals surface area contributed by atoms with E-state index in [9.17, 15) is 15.2 Å². The Hall–Kier alpha value is -3.08. The lowest BCUT2D eigenvalue weighted by molar-refractivity contribution is 0.0697. The molecule has 3 N–H and O–H groups in total. The van der Waals surface area contributed by atoms with Gasteiger partial charge in [0.15, 0.2) is 0 Å². The minimum atomic E-state index is -0.993. The normalized spacial score (nSPS) is 12.1. The molecule has 0 aliphatic rings. The Morgan fingerprint density at radius 1 is 1.05 bits per heavy atom. The summed E-state index contributed by atoms with van der Waals surface area (Å²) in [5, 5.41) is 33.6. The van der Waals surface area contributed by atoms with Gasteiger partial charge < -0.3 is 20.3 Å². The molecule has 3 aromatic rings. The van der Waals surface area contributed by atoms with Gasteiger partial charge in [0.25, 0.3) is 0 Å². The van der Waals surface area contributed by atoms with Gasteiger partial charge in [0.2, 0.25) is 0 Å². The Morgan fingerprint density at radius 2 is 1.76 bits per heavy atom. The van der Waals surface area contributed by atoms with Crippen LogP contribution < -0.4 is 10.1 Å². The first-order valence-corrected chi connectivity index (χ1v) is 12.7. The number of nitrogens with zero attached hydrogens (tertiary/aromatic N) is 1. The van der Waals surface area contributed by atoms with E-state index < -0.39 is 12.1 Å². The molecule has 0 aromatic heterocycles. The molecule has 0 heterocycles. The van der Waals surface area contributed by atoms with Crippen LogP contribution in [0.5, 0.6) is 5.75 Å². The lowest BCUT2D eigenvalue weighted by atomic mass is 9.95. The Bertz CT molecular complexity index is 1270. The van der Waals surface area contributed by atoms with Gasteiger partial charge in [-0.3, -0.25) is 0 Å². The average Bonchev–Trinajstić information content (AvgIpc) is 2.88. The molecule has 1 atom stereocenters. The van der Waals surface area contributed by atoms with E-state index >= 15 is 0 Å². The number of aliphatic hydroxyl groups excluding tert-OH is 1. The van der Waals surface area contributed by atoms with E-state index in [1.807, 2.05) is 12.1 Å². The molecule has 37 heavy (non-hydrogen) atoms. The van der Waals surface area contributed by atoms with Crippen molar-refractivity contribution in [3.8, 4) is 22.9 Å². The summed E-state index contributed by atoms with van der Waals surface area (Å²) in [6.45, 7) is 4.52. The van der Waals surface area contributed by atoms with Crippen molar-refractivity contribution in [1.29, 1.82) is 5.26 Å². The maximum atomic E-state index is 11.1. The summed E-state index contributed by atoms with van der Waals surface area (Å²) >= 11 is 12.1. The first kappa shape index (κ1) is 28.5. The number of nitrogens with one attached hydrogen (secondary N) is 1. The predicted octanol–water partition coefficient (Wildman–Crippen LogP) is 6.36. The van der Waals surface area contributed by atoms with Crippen LogP contribution in [0.3, 0.4) is 0 Å². The zero-order valence-electron chi connectivity index (χ0n) is 20.8. The lowest BCUT2D eigenvalue weighted by Gasteiger charge is -2.28. The number of benzene rings is 3. The number of β-amino-alcohol motifs (C(OH)–C–C–N with tert-alkyl or cyclic N) is 1. The minimum absolute atomic E-state index is 0.0163. The van der Waals surface area contributed by atoms with E-state index in [-0.39, 0.29) is 17.7 Å². The lowest BCUT2D eigenvalue weighted by Crippen LogP contribution is -2.44. The fraction of sp³-hybridized carbons (Fsp3) is 0.310. The van der Waals surface area contributed by atoms with Crippen molar-refractivity contribution in [3.63, 3.8) is 0 Å². The summed E-state index contributed by atoms with van der Waals surface area (Å²) in [6, 6.07) is 19.4. The molecule has 1 unspecified atom stereocenters. The number of rotatable bonds is 12. The van der Waals surface area contributed by atoms with Gasteiger partial charge in [0.05, 0.1) is 21.2 Å². The zero-order valence-corrected chi connectivity index (χ0v) is 22.3. The van der Waals surface area contributed by atoms with Crippen molar-refractivity contribution in [1.82, 2.24) is 5.32 Å². The molecule has 0 saturated carbocycles. The average molecular weight is 541 g/mol. The molecule has 0 aliphatic carbocycles. The molecule has 0 aliphatic heterocycles. The second-order valence-electron chi connectivity index (χ2n) is 9.54. The molecule has 8 heteroatoms. The van der Waals surface area contributed by atoms with E-state index in [2.05, 4.69) is 25.2 Å². The van der Waals surface area contributed by atoms with Crippen LogP contribution in [-0.4, -0.2) is 41.0 Å². The number of aliphatic hydroxyl groups is 1. The monoisotopic (exact) mass is 540 g/mol. The van der Waals surface area contributed by atoms with E-state index in [4.69, 9.17) is 33.0 Å². The second kappa shape index (κ2) is 12.9. The van der Waals surface area contributed by atoms with E-state index in [1.165, 1.54) is 12.1 Å². The van der Waals surface area contributed by atoms with E-state index in [0.29, 0.717) is 27.9 Å². The number of carboxylic acid groups (broad SMARTS) is 1. The highest BCUT2D eigenvalue weighted by Gasteiger charge is 2.19. The summed E-state index contributed by atoms with van der Waals surface area (Å²) in [5.74, 6) is -0.630. The molecule has 194 valence electrons. The number of hydrogen-bond acceptors (Lipinski definition) is 5. The first-order valence-electron chi connectivity index (χ1n) is 12.0. The number of hydrogen-bond donors (Lipinski definition) is 3. The molecular formula is C29H30Cl2N2O4. The van der Waals surface area contributed by atoms with Crippen molar-refractivity contribution in [3.05, 3.63) is 87.4 Å². The number of aryl methyl sites for hydroxylation is 1. The fourth-order valence-corrected chi connectivity index (χ4v) is 4.20. The van der Waals surface area contributed by atoms with Gasteiger partial charge in [0.1, 0.15) is 24.5 Å². The quantitative estimate of drug-likeness (QED) is 0.247. The van der Waals surface area contributed by atoms with Crippen LogP contribution in [0.25, 0.3) is 11.1 Å². The third kappa shape index (κ3) is 8.48. The zero-order chi connectivity index (χ0) is 27.0. The van der Waals surface area contributed by atoms with Gasteiger partial charge >= 0.3 is 5.97 Å². The first-order chi connectivity index (χ1) is 17.6. The van der Waals surface area contributed by atoms with Crippen LogP contribution in [0.2, 0.25) is 10.0 Å². The van der Waals surface area contributed by atoms with Crippen molar-refractivity contribution in [2.24, 2.45) is 0 Å². The molecule has 0 saturated heterocycles. The summed E-state index contributed by atoms with van der Waals surface area (Å²) in [4.78, 5) is 11.1. The smallest absolute Gasteiger partial charge is 0.335 e. The van der Waals surface area contributed by atoms with Gasteiger partial charge in [-0.25, -0.2) is 4.79 Å². The van der Waals surface area contributed by atoms with Gasteiger partial charge in [-0.05, 0) is 86.2 Å².